The second-order valence-electron chi connectivity index (χ2n) is 8.55. The fraction of sp³-hybridized carbons (Fsp3) is 0.280. The van der Waals surface area contributed by atoms with Gasteiger partial charge in [-0.2, -0.15) is 9.61 Å². The number of nitrogens with two attached hydrogens (primary N) is 1. The molecule has 0 aliphatic carbocycles. The van der Waals surface area contributed by atoms with Gasteiger partial charge in [-0.05, 0) is 18.9 Å². The average Bonchev–Trinajstić information content (AvgIpc) is 3.28. The van der Waals surface area contributed by atoms with Crippen LogP contribution in [0.1, 0.15) is 48.2 Å². The van der Waals surface area contributed by atoms with Crippen LogP contribution in [0.15, 0.2) is 54.9 Å². The highest BCUT2D eigenvalue weighted by atomic mass is 32.2. The monoisotopic (exact) mass is 475 g/mol. The quantitative estimate of drug-likeness (QED) is 0.434. The third-order valence-corrected chi connectivity index (χ3v) is 8.11. The van der Waals surface area contributed by atoms with Gasteiger partial charge >= 0.3 is 0 Å². The van der Waals surface area contributed by atoms with Crippen LogP contribution < -0.4 is 5.73 Å². The summed E-state index contributed by atoms with van der Waals surface area (Å²) in [5.41, 5.74) is 11.4. The summed E-state index contributed by atoms with van der Waals surface area (Å²) in [7, 11) is -3.05. The molecule has 1 saturated heterocycles. The molecule has 3 aromatic heterocycles. The Labute approximate surface area is 197 Å². The standard InChI is InChI=1S/C25H25N5O3S/c1-2-21(31)22-23(17-10-12-34(32,33)13-11-17)29-25-19(15-28-30(25)24(22)26)18-8-9-20(27-14-18)16-6-4-3-5-7-16/h3-9,14-15,17H,2,10-13,26H2,1H3. The van der Waals surface area contributed by atoms with Crippen LogP contribution >= 0.6 is 0 Å². The second-order valence-corrected chi connectivity index (χ2v) is 10.9. The maximum absolute atomic E-state index is 12.8. The van der Waals surface area contributed by atoms with E-state index >= 15 is 0 Å². The van der Waals surface area contributed by atoms with Crippen LogP contribution in [0.5, 0.6) is 0 Å². The molecule has 8 nitrogen and oxygen atoms in total. The summed E-state index contributed by atoms with van der Waals surface area (Å²) in [6, 6.07) is 13.8. The summed E-state index contributed by atoms with van der Waals surface area (Å²) in [5.74, 6) is 0.131. The number of hydrogen-bond acceptors (Lipinski definition) is 7. The molecule has 0 atom stereocenters. The molecule has 0 spiro atoms. The van der Waals surface area contributed by atoms with Crippen LogP contribution in [0.2, 0.25) is 0 Å². The van der Waals surface area contributed by atoms with Crippen molar-refractivity contribution >= 4 is 27.1 Å². The zero-order valence-electron chi connectivity index (χ0n) is 18.8. The SMILES string of the molecule is CCC(=O)c1c(C2CCS(=O)(=O)CC2)nc2c(-c3ccc(-c4ccccc4)nc3)cnn2c1N. The molecule has 2 N–H and O–H groups in total. The van der Waals surface area contributed by atoms with Gasteiger partial charge < -0.3 is 5.73 Å². The Bertz CT molecular complexity index is 1460. The fourth-order valence-corrected chi connectivity index (χ4v) is 5.98. The summed E-state index contributed by atoms with van der Waals surface area (Å²) in [4.78, 5) is 22.3. The van der Waals surface area contributed by atoms with Crippen LogP contribution in [0.25, 0.3) is 28.0 Å². The predicted octanol–water partition coefficient (Wildman–Crippen LogP) is 3.93. The Morgan fingerprint density at radius 3 is 2.44 bits per heavy atom. The molecular formula is C25H25N5O3S. The molecule has 34 heavy (non-hydrogen) atoms. The minimum Gasteiger partial charge on any atom is -0.383 e. The Kier molecular flexibility index (Phi) is 5.65. The van der Waals surface area contributed by atoms with Crippen molar-refractivity contribution in [3.8, 4) is 22.4 Å². The van der Waals surface area contributed by atoms with E-state index in [1.54, 1.807) is 19.3 Å². The Morgan fingerprint density at radius 2 is 1.79 bits per heavy atom. The van der Waals surface area contributed by atoms with Gasteiger partial charge in [-0.3, -0.25) is 9.78 Å². The topological polar surface area (TPSA) is 120 Å². The van der Waals surface area contributed by atoms with Gasteiger partial charge in [-0.25, -0.2) is 13.4 Å². The van der Waals surface area contributed by atoms with Crippen LogP contribution in [0, 0.1) is 0 Å². The highest BCUT2D eigenvalue weighted by molar-refractivity contribution is 7.91. The first-order chi connectivity index (χ1) is 16.4. The van der Waals surface area contributed by atoms with Crippen molar-refractivity contribution in [2.24, 2.45) is 0 Å². The van der Waals surface area contributed by atoms with E-state index in [4.69, 9.17) is 10.7 Å². The normalized spacial score (nSPS) is 16.0. The summed E-state index contributed by atoms with van der Waals surface area (Å²) in [6.45, 7) is 1.77. The summed E-state index contributed by atoms with van der Waals surface area (Å²) >= 11 is 0. The van der Waals surface area contributed by atoms with Crippen molar-refractivity contribution in [2.45, 2.75) is 32.1 Å². The smallest absolute Gasteiger partial charge is 0.168 e. The Hall–Kier alpha value is -3.59. The number of aromatic nitrogens is 4. The summed E-state index contributed by atoms with van der Waals surface area (Å²) < 4.78 is 25.4. The number of ketones is 1. The second kappa shape index (κ2) is 8.64. The van der Waals surface area contributed by atoms with Gasteiger partial charge in [0.2, 0.25) is 0 Å². The number of rotatable bonds is 5. The minimum absolute atomic E-state index is 0.0845. The van der Waals surface area contributed by atoms with E-state index < -0.39 is 9.84 Å². The lowest BCUT2D eigenvalue weighted by Crippen LogP contribution is -2.25. The van der Waals surface area contributed by atoms with Crippen molar-refractivity contribution in [3.05, 3.63) is 66.1 Å². The van der Waals surface area contributed by atoms with Crippen LogP contribution in [0.4, 0.5) is 5.82 Å². The number of carbonyl (C=O) groups excluding carboxylic acids is 1. The maximum atomic E-state index is 12.8. The van der Waals surface area contributed by atoms with Crippen LogP contribution in [-0.2, 0) is 9.84 Å². The molecule has 1 aliphatic heterocycles. The van der Waals surface area contributed by atoms with E-state index in [2.05, 4.69) is 10.1 Å². The number of benzene rings is 1. The molecule has 4 heterocycles. The molecule has 0 saturated carbocycles. The van der Waals surface area contributed by atoms with E-state index in [0.717, 1.165) is 22.4 Å². The first kappa shape index (κ1) is 22.2. The van der Waals surface area contributed by atoms with E-state index in [1.807, 2.05) is 42.5 Å². The molecule has 0 bridgehead atoms. The van der Waals surface area contributed by atoms with Crippen molar-refractivity contribution < 1.29 is 13.2 Å². The zero-order valence-corrected chi connectivity index (χ0v) is 19.6. The molecule has 1 fully saturated rings. The lowest BCUT2D eigenvalue weighted by atomic mass is 9.92. The number of carbonyl (C=O) groups is 1. The van der Waals surface area contributed by atoms with Crippen molar-refractivity contribution in [1.82, 2.24) is 19.6 Å². The van der Waals surface area contributed by atoms with Gasteiger partial charge in [0, 0.05) is 35.2 Å². The number of Topliss-reactive ketones (excluding diaryl/α,β-unsaturated/α-hetero) is 1. The number of nitrogen functional groups attached to an aromatic ring is 1. The van der Waals surface area contributed by atoms with Gasteiger partial charge in [0.15, 0.2) is 11.4 Å². The molecule has 1 aromatic carbocycles. The van der Waals surface area contributed by atoms with Gasteiger partial charge in [-0.1, -0.05) is 43.3 Å². The lowest BCUT2D eigenvalue weighted by molar-refractivity contribution is 0.0986. The van der Waals surface area contributed by atoms with E-state index in [-0.39, 0.29) is 35.4 Å². The third-order valence-electron chi connectivity index (χ3n) is 6.40. The fourth-order valence-electron chi connectivity index (χ4n) is 4.49. The maximum Gasteiger partial charge on any atom is 0.168 e. The highest BCUT2D eigenvalue weighted by Gasteiger charge is 2.31. The van der Waals surface area contributed by atoms with Crippen LogP contribution in [0.3, 0.4) is 0 Å². The highest BCUT2D eigenvalue weighted by Crippen LogP contribution is 2.35. The van der Waals surface area contributed by atoms with E-state index in [9.17, 15) is 13.2 Å². The molecule has 4 aromatic rings. The molecule has 174 valence electrons. The van der Waals surface area contributed by atoms with Crippen LogP contribution in [-0.4, -0.2) is 45.3 Å². The molecule has 1 aliphatic rings. The first-order valence-electron chi connectivity index (χ1n) is 11.3. The van der Waals surface area contributed by atoms with Crippen molar-refractivity contribution in [1.29, 1.82) is 0 Å². The van der Waals surface area contributed by atoms with Crippen molar-refractivity contribution in [3.63, 3.8) is 0 Å². The largest absolute Gasteiger partial charge is 0.383 e. The minimum atomic E-state index is -3.05. The van der Waals surface area contributed by atoms with Gasteiger partial charge in [-0.15, -0.1) is 0 Å². The number of sulfone groups is 1. The van der Waals surface area contributed by atoms with Gasteiger partial charge in [0.1, 0.15) is 15.7 Å². The number of pyridine rings is 1. The Balaban J connectivity index is 1.61. The van der Waals surface area contributed by atoms with E-state index in [1.165, 1.54) is 4.52 Å². The van der Waals surface area contributed by atoms with Gasteiger partial charge in [0.05, 0.1) is 34.7 Å². The lowest BCUT2D eigenvalue weighted by Gasteiger charge is -2.24. The zero-order chi connectivity index (χ0) is 23.9. The molecule has 0 unspecified atom stereocenters. The predicted molar refractivity (Wildman–Crippen MR) is 131 cm³/mol. The molecular weight excluding hydrogens is 450 g/mol. The Morgan fingerprint density at radius 1 is 1.06 bits per heavy atom. The van der Waals surface area contributed by atoms with Gasteiger partial charge in [0.25, 0.3) is 0 Å². The molecule has 5 rings (SSSR count). The molecule has 0 amide bonds. The summed E-state index contributed by atoms with van der Waals surface area (Å²) in [6.07, 6.45) is 4.56. The first-order valence-corrected chi connectivity index (χ1v) is 13.1. The third kappa shape index (κ3) is 3.96. The molecule has 9 heteroatoms. The number of nitrogens with zero attached hydrogens (tertiary/aromatic N) is 4. The average molecular weight is 476 g/mol. The summed E-state index contributed by atoms with van der Waals surface area (Å²) in [5, 5.41) is 4.42. The van der Waals surface area contributed by atoms with E-state index in [0.29, 0.717) is 29.7 Å². The number of anilines is 1. The number of hydrogen-bond donors (Lipinski definition) is 1. The van der Waals surface area contributed by atoms with Crippen molar-refractivity contribution in [2.75, 3.05) is 17.2 Å². The number of fused-ring (bicyclic) bond motifs is 1. The molecule has 0 radical (unpaired) electrons.